The van der Waals surface area contributed by atoms with Gasteiger partial charge in [-0.2, -0.15) is 4.40 Å². The van der Waals surface area contributed by atoms with Crippen LogP contribution in [-0.4, -0.2) is 21.1 Å². The van der Waals surface area contributed by atoms with Crippen molar-refractivity contribution in [3.05, 3.63) is 35.9 Å². The molecule has 23 heavy (non-hydrogen) atoms. The highest BCUT2D eigenvalue weighted by atomic mass is 32.2. The molecule has 0 heterocycles. The summed E-state index contributed by atoms with van der Waals surface area (Å²) in [6.07, 6.45) is 2.84. The lowest BCUT2D eigenvalue weighted by Gasteiger charge is -2.21. The predicted molar refractivity (Wildman–Crippen MR) is 95.6 cm³/mol. The Morgan fingerprint density at radius 3 is 2.35 bits per heavy atom. The van der Waals surface area contributed by atoms with Gasteiger partial charge >= 0.3 is 5.97 Å². The Labute approximate surface area is 141 Å². The third kappa shape index (κ3) is 7.08. The first-order chi connectivity index (χ1) is 10.6. The maximum Gasteiger partial charge on any atom is 0.311 e. The van der Waals surface area contributed by atoms with Gasteiger partial charge < -0.3 is 4.74 Å². The zero-order chi connectivity index (χ0) is 17.5. The molecule has 0 fully saturated rings. The average Bonchev–Trinajstić information content (AvgIpc) is 2.49. The van der Waals surface area contributed by atoms with Crippen molar-refractivity contribution in [1.82, 2.24) is 0 Å². The highest BCUT2D eigenvalue weighted by molar-refractivity contribution is 7.85. The molecule has 0 aliphatic rings. The van der Waals surface area contributed by atoms with Crippen LogP contribution in [0.1, 0.15) is 53.0 Å². The molecule has 0 radical (unpaired) electrons. The lowest BCUT2D eigenvalue weighted by molar-refractivity contribution is -0.155. The summed E-state index contributed by atoms with van der Waals surface area (Å²) in [6, 6.07) is 9.61. The van der Waals surface area contributed by atoms with E-state index < -0.39 is 16.4 Å². The van der Waals surface area contributed by atoms with Crippen molar-refractivity contribution in [2.75, 3.05) is 0 Å². The molecule has 4 nitrogen and oxygen atoms in total. The van der Waals surface area contributed by atoms with E-state index in [-0.39, 0.29) is 17.3 Å². The lowest BCUT2D eigenvalue weighted by atomic mass is 9.88. The number of rotatable bonds is 7. The number of ether oxygens (including phenoxy) is 1. The second kappa shape index (κ2) is 8.39. The summed E-state index contributed by atoms with van der Waals surface area (Å²) in [5, 5.41) is 0. The molecule has 0 aliphatic carbocycles. The molecular formula is C18H27NO3S. The number of hydrogen-bond donors (Lipinski definition) is 0. The quantitative estimate of drug-likeness (QED) is 0.557. The van der Waals surface area contributed by atoms with E-state index in [2.05, 4.69) is 4.40 Å². The maximum absolute atomic E-state index is 12.2. The number of carbonyl (C=O) groups excluding carboxylic acids is 1. The molecule has 0 saturated heterocycles. The van der Waals surface area contributed by atoms with E-state index in [1.165, 1.54) is 0 Å². The smallest absolute Gasteiger partial charge is 0.311 e. The Morgan fingerprint density at radius 2 is 1.78 bits per heavy atom. The maximum atomic E-state index is 12.2. The molecule has 128 valence electrons. The highest BCUT2D eigenvalue weighted by Gasteiger charge is 2.28. The summed E-state index contributed by atoms with van der Waals surface area (Å²) in [5.41, 5.74) is 0.378. The van der Waals surface area contributed by atoms with Crippen LogP contribution in [0.5, 0.6) is 0 Å². The topological polar surface area (TPSA) is 55.7 Å². The molecule has 0 saturated carbocycles. The van der Waals surface area contributed by atoms with Crippen molar-refractivity contribution in [3.8, 4) is 0 Å². The third-order valence-corrected chi connectivity index (χ3v) is 4.75. The number of benzene rings is 1. The van der Waals surface area contributed by atoms with E-state index >= 15 is 0 Å². The molecular weight excluding hydrogens is 310 g/mol. The minimum Gasteiger partial charge on any atom is -0.460 e. The second-order valence-electron chi connectivity index (χ2n) is 7.13. The molecule has 1 rings (SSSR count). The van der Waals surface area contributed by atoms with Gasteiger partial charge in [0.25, 0.3) is 0 Å². The molecule has 5 heteroatoms. The summed E-state index contributed by atoms with van der Waals surface area (Å²) in [4.78, 5) is 12.2. The van der Waals surface area contributed by atoms with Crippen LogP contribution in [0.25, 0.3) is 0 Å². The third-order valence-electron chi connectivity index (χ3n) is 3.36. The molecule has 0 spiro atoms. The molecule has 0 amide bonds. The second-order valence-corrected chi connectivity index (χ2v) is 9.07. The molecule has 0 aromatic heterocycles. The minimum absolute atomic E-state index is 0.230. The highest BCUT2D eigenvalue weighted by Crippen LogP contribution is 2.24. The minimum atomic E-state index is -1.25. The van der Waals surface area contributed by atoms with Crippen LogP contribution in [0, 0.1) is 5.41 Å². The molecule has 1 aromatic carbocycles. The molecule has 0 N–H and O–H groups in total. The van der Waals surface area contributed by atoms with Crippen molar-refractivity contribution in [2.24, 2.45) is 9.81 Å². The average molecular weight is 337 g/mol. The van der Waals surface area contributed by atoms with Crippen LogP contribution in [0.4, 0.5) is 0 Å². The van der Waals surface area contributed by atoms with Gasteiger partial charge in [-0.3, -0.25) is 4.79 Å². The lowest BCUT2D eigenvalue weighted by Crippen LogP contribution is -2.26. The normalized spacial score (nSPS) is 14.0. The van der Waals surface area contributed by atoms with Crippen LogP contribution >= 0.6 is 0 Å². The number of carbonyl (C=O) groups is 1. The monoisotopic (exact) mass is 337 g/mol. The van der Waals surface area contributed by atoms with Crippen LogP contribution in [-0.2, 0) is 27.1 Å². The van der Waals surface area contributed by atoms with Crippen molar-refractivity contribution in [2.45, 2.75) is 58.8 Å². The first kappa shape index (κ1) is 19.6. The van der Waals surface area contributed by atoms with E-state index in [9.17, 15) is 9.00 Å². The van der Waals surface area contributed by atoms with E-state index in [0.717, 1.165) is 5.56 Å². The Kier molecular flexibility index (Phi) is 7.13. The van der Waals surface area contributed by atoms with Gasteiger partial charge in [-0.15, -0.1) is 0 Å². The SMILES string of the molecule is CC(C)(CC/C=N/[S@@](=O)C(C)(C)C)C(=O)OCc1ccccc1. The van der Waals surface area contributed by atoms with Gasteiger partial charge in [0.1, 0.15) is 17.6 Å². The Morgan fingerprint density at radius 1 is 1.17 bits per heavy atom. The summed E-state index contributed by atoms with van der Waals surface area (Å²) < 4.78 is 20.9. The summed E-state index contributed by atoms with van der Waals surface area (Å²) >= 11 is 0. The van der Waals surface area contributed by atoms with Gasteiger partial charge in [0, 0.05) is 6.21 Å². The van der Waals surface area contributed by atoms with Crippen LogP contribution < -0.4 is 0 Å². The number of esters is 1. The zero-order valence-corrected chi connectivity index (χ0v) is 15.5. The van der Waals surface area contributed by atoms with Crippen LogP contribution in [0.2, 0.25) is 0 Å². The molecule has 0 unspecified atom stereocenters. The van der Waals surface area contributed by atoms with Crippen LogP contribution in [0.15, 0.2) is 34.7 Å². The van der Waals surface area contributed by atoms with E-state index in [1.54, 1.807) is 6.21 Å². The Hall–Kier alpha value is -1.49. The molecule has 1 aromatic rings. The Bertz CT molecular complexity index is 559. The van der Waals surface area contributed by atoms with Gasteiger partial charge in [0.2, 0.25) is 0 Å². The van der Waals surface area contributed by atoms with E-state index in [0.29, 0.717) is 12.8 Å². The van der Waals surface area contributed by atoms with E-state index in [4.69, 9.17) is 4.74 Å². The number of nitrogens with zero attached hydrogens (tertiary/aromatic N) is 1. The largest absolute Gasteiger partial charge is 0.460 e. The van der Waals surface area contributed by atoms with Crippen LogP contribution in [0.3, 0.4) is 0 Å². The predicted octanol–water partition coefficient (Wildman–Crippen LogP) is 4.07. The Balaban J connectivity index is 2.44. The van der Waals surface area contributed by atoms with Gasteiger partial charge in [-0.25, -0.2) is 4.21 Å². The molecule has 1 atom stereocenters. The van der Waals surface area contributed by atoms with Gasteiger partial charge in [-0.1, -0.05) is 30.3 Å². The van der Waals surface area contributed by atoms with Gasteiger partial charge in [0.05, 0.1) is 10.2 Å². The fraction of sp³-hybridized carbons (Fsp3) is 0.556. The zero-order valence-electron chi connectivity index (χ0n) is 14.7. The fourth-order valence-electron chi connectivity index (χ4n) is 1.72. The summed E-state index contributed by atoms with van der Waals surface area (Å²) in [5.74, 6) is -0.230. The van der Waals surface area contributed by atoms with Crippen molar-refractivity contribution in [3.63, 3.8) is 0 Å². The first-order valence-corrected chi connectivity index (χ1v) is 8.89. The fourth-order valence-corrected chi connectivity index (χ4v) is 2.28. The van der Waals surface area contributed by atoms with Gasteiger partial charge in [-0.05, 0) is 53.0 Å². The standard InChI is InChI=1S/C18H27NO3S/c1-17(2,3)23(21)19-13-9-12-18(4,5)16(20)22-14-15-10-7-6-8-11-15/h6-8,10-11,13H,9,12,14H2,1-5H3/b19-13+/t23-/m0/s1. The van der Waals surface area contributed by atoms with Gasteiger partial charge in [0.15, 0.2) is 0 Å². The van der Waals surface area contributed by atoms with E-state index in [1.807, 2.05) is 65.0 Å². The summed E-state index contributed by atoms with van der Waals surface area (Å²) in [7, 11) is -1.25. The summed E-state index contributed by atoms with van der Waals surface area (Å²) in [6.45, 7) is 9.64. The number of hydrogen-bond acceptors (Lipinski definition) is 3. The first-order valence-electron chi connectivity index (χ1n) is 7.78. The molecule has 0 aliphatic heterocycles. The van der Waals surface area contributed by atoms with Crippen molar-refractivity contribution >= 4 is 23.2 Å². The van der Waals surface area contributed by atoms with Crippen molar-refractivity contribution < 1.29 is 13.7 Å². The van der Waals surface area contributed by atoms with Crippen molar-refractivity contribution in [1.29, 1.82) is 0 Å². The molecule has 0 bridgehead atoms.